The van der Waals surface area contributed by atoms with Crippen LogP contribution in [0.5, 0.6) is 5.75 Å². The lowest BCUT2D eigenvalue weighted by molar-refractivity contribution is -0.119. The number of carbonyl (C=O) groups excluding carboxylic acids is 1. The summed E-state index contributed by atoms with van der Waals surface area (Å²) in [7, 11) is 0. The lowest BCUT2D eigenvalue weighted by Gasteiger charge is -2.17. The van der Waals surface area contributed by atoms with E-state index in [1.165, 1.54) is 11.8 Å². The van der Waals surface area contributed by atoms with Gasteiger partial charge in [-0.15, -0.1) is 0 Å². The molecule has 0 saturated carbocycles. The Labute approximate surface area is 180 Å². The summed E-state index contributed by atoms with van der Waals surface area (Å²) < 4.78 is 7.28. The minimum atomic E-state index is -0.185. The van der Waals surface area contributed by atoms with Gasteiger partial charge in [-0.2, -0.15) is 0 Å². The number of fused-ring (bicyclic) bond motifs is 1. The van der Waals surface area contributed by atoms with E-state index in [1.807, 2.05) is 56.3 Å². The first-order chi connectivity index (χ1) is 14.5. The summed E-state index contributed by atoms with van der Waals surface area (Å²) >= 11 is 1.25. The van der Waals surface area contributed by atoms with Gasteiger partial charge in [0, 0.05) is 6.04 Å². The molecule has 0 saturated heterocycles. The molecule has 158 valence electrons. The normalized spacial score (nSPS) is 12.0. The van der Waals surface area contributed by atoms with Gasteiger partial charge in [-0.25, -0.2) is 4.98 Å². The van der Waals surface area contributed by atoms with Gasteiger partial charge < -0.3 is 10.1 Å². The van der Waals surface area contributed by atoms with Crippen molar-refractivity contribution < 1.29 is 9.53 Å². The van der Waals surface area contributed by atoms with E-state index in [4.69, 9.17) is 9.72 Å². The monoisotopic (exact) mass is 425 g/mol. The maximum absolute atomic E-state index is 13.4. The summed E-state index contributed by atoms with van der Waals surface area (Å²) in [5, 5.41) is 3.98. The van der Waals surface area contributed by atoms with Crippen LogP contribution in [0.15, 0.2) is 58.5 Å². The van der Waals surface area contributed by atoms with Crippen LogP contribution in [0.2, 0.25) is 0 Å². The van der Waals surface area contributed by atoms with Gasteiger partial charge in [0.05, 0.1) is 29.0 Å². The van der Waals surface area contributed by atoms with E-state index >= 15 is 0 Å². The van der Waals surface area contributed by atoms with Gasteiger partial charge in [-0.1, -0.05) is 49.4 Å². The second kappa shape index (κ2) is 10.3. The third-order valence-electron chi connectivity index (χ3n) is 4.61. The number of carbonyl (C=O) groups is 1. The zero-order chi connectivity index (χ0) is 21.5. The maximum Gasteiger partial charge on any atom is 0.266 e. The molecule has 3 aromatic rings. The molecule has 2 aromatic carbocycles. The van der Waals surface area contributed by atoms with Crippen LogP contribution in [0.4, 0.5) is 0 Å². The number of thioether (sulfide) groups is 1. The van der Waals surface area contributed by atoms with Crippen LogP contribution in [0.1, 0.15) is 33.6 Å². The van der Waals surface area contributed by atoms with Crippen LogP contribution < -0.4 is 15.6 Å². The number of hydrogen-bond donors (Lipinski definition) is 1. The predicted octanol–water partition coefficient (Wildman–Crippen LogP) is 4.18. The summed E-state index contributed by atoms with van der Waals surface area (Å²) in [6.45, 7) is 6.46. The number of hydrogen-bond acceptors (Lipinski definition) is 5. The number of aromatic nitrogens is 2. The highest BCUT2D eigenvalue weighted by atomic mass is 32.2. The average molecular weight is 426 g/mol. The van der Waals surface area contributed by atoms with Crippen LogP contribution in [0.25, 0.3) is 16.6 Å². The van der Waals surface area contributed by atoms with E-state index in [9.17, 15) is 9.59 Å². The van der Waals surface area contributed by atoms with E-state index in [-0.39, 0.29) is 23.3 Å². The summed E-state index contributed by atoms with van der Waals surface area (Å²) in [5.74, 6) is 0.699. The lowest BCUT2D eigenvalue weighted by atomic mass is 10.2. The summed E-state index contributed by atoms with van der Waals surface area (Å²) in [5.41, 5.74) is 1.04. The van der Waals surface area contributed by atoms with Crippen molar-refractivity contribution in [3.05, 3.63) is 58.9 Å². The molecule has 3 rings (SSSR count). The van der Waals surface area contributed by atoms with Gasteiger partial charge in [-0.3, -0.25) is 14.2 Å². The molecule has 0 unspecified atom stereocenters. The fourth-order valence-corrected chi connectivity index (χ4v) is 4.11. The fourth-order valence-electron chi connectivity index (χ4n) is 3.29. The second-order valence-corrected chi connectivity index (χ2v) is 7.94. The van der Waals surface area contributed by atoms with E-state index in [1.54, 1.807) is 10.6 Å². The molecular formula is C23H27N3O3S. The van der Waals surface area contributed by atoms with Crippen molar-refractivity contribution in [2.24, 2.45) is 0 Å². The predicted molar refractivity (Wildman–Crippen MR) is 122 cm³/mol. The molecular weight excluding hydrogens is 398 g/mol. The summed E-state index contributed by atoms with van der Waals surface area (Å²) in [4.78, 5) is 30.5. The Kier molecular flexibility index (Phi) is 7.52. The van der Waals surface area contributed by atoms with Gasteiger partial charge in [0.15, 0.2) is 5.16 Å². The minimum Gasteiger partial charge on any atom is -0.492 e. The molecule has 0 aliphatic heterocycles. The van der Waals surface area contributed by atoms with Gasteiger partial charge in [-0.05, 0) is 44.5 Å². The molecule has 6 nitrogen and oxygen atoms in total. The molecule has 0 spiro atoms. The third kappa shape index (κ3) is 5.02. The van der Waals surface area contributed by atoms with Gasteiger partial charge in [0.2, 0.25) is 5.91 Å². The lowest BCUT2D eigenvalue weighted by Crippen LogP contribution is -2.34. The highest BCUT2D eigenvalue weighted by molar-refractivity contribution is 7.99. The summed E-state index contributed by atoms with van der Waals surface area (Å²) in [6, 6.07) is 14.7. The molecule has 0 bridgehead atoms. The van der Waals surface area contributed by atoms with Crippen LogP contribution in [0, 0.1) is 0 Å². The quantitative estimate of drug-likeness (QED) is 0.411. The molecule has 1 N–H and O–H groups in total. The Hall–Kier alpha value is -2.80. The molecule has 1 aromatic heterocycles. The number of amides is 1. The minimum absolute atomic E-state index is 0.0759. The van der Waals surface area contributed by atoms with Crippen molar-refractivity contribution in [3.8, 4) is 11.4 Å². The summed E-state index contributed by atoms with van der Waals surface area (Å²) in [6.07, 6.45) is 1.94. The van der Waals surface area contributed by atoms with Gasteiger partial charge >= 0.3 is 0 Å². The Bertz CT molecular complexity index is 1080. The third-order valence-corrected chi connectivity index (χ3v) is 5.55. The molecule has 0 radical (unpaired) electrons. The van der Waals surface area contributed by atoms with Gasteiger partial charge in [0.25, 0.3) is 5.56 Å². The number of nitrogens with zero attached hydrogens (tertiary/aromatic N) is 2. The standard InChI is InChI=1S/C23H27N3O3S/c1-4-10-16(3)24-21(27)15-30-23-25-18-12-7-6-11-17(18)22(28)26(23)19-13-8-9-14-20(19)29-5-2/h6-9,11-14,16H,4-5,10,15H2,1-3H3,(H,24,27)/t16-/m0/s1. The highest BCUT2D eigenvalue weighted by Crippen LogP contribution is 2.27. The molecule has 0 fully saturated rings. The van der Waals surface area contributed by atoms with Crippen molar-refractivity contribution >= 4 is 28.6 Å². The molecule has 0 aliphatic rings. The van der Waals surface area contributed by atoms with Crippen molar-refractivity contribution in [2.75, 3.05) is 12.4 Å². The SMILES string of the molecule is CCC[C@H](C)NC(=O)CSc1nc2ccccc2c(=O)n1-c1ccccc1OCC. The van der Waals surface area contributed by atoms with E-state index < -0.39 is 0 Å². The van der Waals surface area contributed by atoms with Crippen molar-refractivity contribution in [2.45, 2.75) is 44.8 Å². The smallest absolute Gasteiger partial charge is 0.266 e. The first kappa shape index (κ1) is 21.9. The van der Waals surface area contributed by atoms with Gasteiger partial charge in [0.1, 0.15) is 5.75 Å². The number of nitrogens with one attached hydrogen (secondary N) is 1. The molecule has 0 aliphatic carbocycles. The largest absolute Gasteiger partial charge is 0.492 e. The Morgan fingerprint density at radius 2 is 1.90 bits per heavy atom. The average Bonchev–Trinajstić information content (AvgIpc) is 2.73. The number of para-hydroxylation sites is 3. The number of ether oxygens (including phenoxy) is 1. The highest BCUT2D eigenvalue weighted by Gasteiger charge is 2.17. The first-order valence-electron chi connectivity index (χ1n) is 10.2. The van der Waals surface area contributed by atoms with Crippen LogP contribution >= 0.6 is 11.8 Å². The van der Waals surface area contributed by atoms with Crippen molar-refractivity contribution in [1.29, 1.82) is 0 Å². The molecule has 1 amide bonds. The second-order valence-electron chi connectivity index (χ2n) is 7.00. The Balaban J connectivity index is 2.02. The topological polar surface area (TPSA) is 73.2 Å². The van der Waals surface area contributed by atoms with Crippen LogP contribution in [-0.4, -0.2) is 33.9 Å². The van der Waals surface area contributed by atoms with E-state index in [2.05, 4.69) is 12.2 Å². The maximum atomic E-state index is 13.4. The Morgan fingerprint density at radius 3 is 2.67 bits per heavy atom. The number of benzene rings is 2. The first-order valence-corrected chi connectivity index (χ1v) is 11.2. The molecule has 1 atom stereocenters. The van der Waals surface area contributed by atoms with Crippen LogP contribution in [0.3, 0.4) is 0 Å². The Morgan fingerprint density at radius 1 is 1.17 bits per heavy atom. The van der Waals surface area contributed by atoms with Crippen molar-refractivity contribution in [3.63, 3.8) is 0 Å². The van der Waals surface area contributed by atoms with Crippen molar-refractivity contribution in [1.82, 2.24) is 14.9 Å². The molecule has 7 heteroatoms. The van der Waals surface area contributed by atoms with E-state index in [0.29, 0.717) is 34.1 Å². The van der Waals surface area contributed by atoms with Crippen LogP contribution in [-0.2, 0) is 4.79 Å². The number of rotatable bonds is 9. The molecule has 1 heterocycles. The molecule has 30 heavy (non-hydrogen) atoms. The zero-order valence-electron chi connectivity index (χ0n) is 17.6. The van der Waals surface area contributed by atoms with E-state index in [0.717, 1.165) is 12.8 Å². The fraction of sp³-hybridized carbons (Fsp3) is 0.348. The zero-order valence-corrected chi connectivity index (χ0v) is 18.4.